The van der Waals surface area contributed by atoms with Crippen LogP contribution in [0, 0.1) is 0 Å². The highest BCUT2D eigenvalue weighted by Gasteiger charge is 2.09. The van der Waals surface area contributed by atoms with Crippen molar-refractivity contribution in [1.29, 1.82) is 0 Å². The maximum absolute atomic E-state index is 5.93. The molecule has 0 aliphatic heterocycles. The zero-order valence-electron chi connectivity index (χ0n) is 14.3. The third-order valence-electron chi connectivity index (χ3n) is 3.46. The number of nitrogens with two attached hydrogens (primary N) is 2. The molecule has 0 fully saturated rings. The molecule has 4 nitrogen and oxygen atoms in total. The van der Waals surface area contributed by atoms with E-state index >= 15 is 0 Å². The maximum atomic E-state index is 5.93. The third-order valence-corrected chi connectivity index (χ3v) is 3.46. The lowest BCUT2D eigenvalue weighted by Gasteiger charge is -2.09. The van der Waals surface area contributed by atoms with Gasteiger partial charge in [0.1, 0.15) is 5.69 Å². The van der Waals surface area contributed by atoms with E-state index in [4.69, 9.17) is 5.73 Å². The van der Waals surface area contributed by atoms with E-state index in [2.05, 4.69) is 63.2 Å². The number of alkyl halides is 2. The number of para-hydroxylation sites is 2. The highest BCUT2D eigenvalue weighted by molar-refractivity contribution is 6.15. The Morgan fingerprint density at radius 3 is 2.50 bits per heavy atom. The van der Waals surface area contributed by atoms with Crippen molar-refractivity contribution < 1.29 is 5.32 Å². The van der Waals surface area contributed by atoms with Crippen LogP contribution < -0.4 is 11.1 Å². The molecule has 130 valence electrons. The Morgan fingerprint density at radius 2 is 1.79 bits per heavy atom. The first-order valence-electron chi connectivity index (χ1n) is 7.65. The highest BCUT2D eigenvalue weighted by Crippen LogP contribution is 2.19. The molecular formula is C18H25Cl2N4+. The number of benzene rings is 2. The van der Waals surface area contributed by atoms with Crippen LogP contribution in [0.25, 0.3) is 11.0 Å². The molecule has 1 heterocycles. The average Bonchev–Trinajstić information content (AvgIpc) is 3.04. The average molecular weight is 368 g/mol. The van der Waals surface area contributed by atoms with Crippen LogP contribution in [0.1, 0.15) is 12.5 Å². The van der Waals surface area contributed by atoms with E-state index in [1.54, 1.807) is 0 Å². The molecule has 0 unspecified atom stereocenters. The fraction of sp³-hybridized carbons (Fsp3) is 0.278. The van der Waals surface area contributed by atoms with Gasteiger partial charge in [-0.1, -0.05) is 12.1 Å². The second kappa shape index (κ2) is 10.9. The van der Waals surface area contributed by atoms with E-state index in [1.165, 1.54) is 24.0 Å². The smallest absolute Gasteiger partial charge is 0.134 e. The SMILES string of the molecule is CC[NH2+]c1ccc(N)cc1Cn1cnc2ccccc21.CCl.CCl. The molecule has 1 aromatic heterocycles. The molecule has 0 spiro atoms. The van der Waals surface area contributed by atoms with Crippen molar-refractivity contribution in [1.82, 2.24) is 9.55 Å². The van der Waals surface area contributed by atoms with Crippen molar-refractivity contribution in [3.8, 4) is 0 Å². The van der Waals surface area contributed by atoms with Gasteiger partial charge in [-0.2, -0.15) is 0 Å². The number of hydrogen-bond acceptors (Lipinski definition) is 2. The molecule has 0 saturated heterocycles. The third kappa shape index (κ3) is 5.13. The van der Waals surface area contributed by atoms with Gasteiger partial charge < -0.3 is 15.6 Å². The Bertz CT molecular complexity index is 741. The summed E-state index contributed by atoms with van der Waals surface area (Å²) in [5.74, 6) is 0. The summed E-state index contributed by atoms with van der Waals surface area (Å²) in [7, 11) is 0. The largest absolute Gasteiger partial charge is 0.399 e. The van der Waals surface area contributed by atoms with Crippen LogP contribution in [0.4, 0.5) is 11.4 Å². The minimum absolute atomic E-state index is 0.789. The minimum Gasteiger partial charge on any atom is -0.399 e. The van der Waals surface area contributed by atoms with Gasteiger partial charge in [-0.3, -0.25) is 0 Å². The molecule has 24 heavy (non-hydrogen) atoms. The first kappa shape index (κ1) is 20.3. The Morgan fingerprint density at radius 1 is 1.08 bits per heavy atom. The number of nitrogens with zero attached hydrogens (tertiary/aromatic N) is 2. The van der Waals surface area contributed by atoms with Crippen LogP contribution in [-0.4, -0.2) is 28.9 Å². The number of fused-ring (bicyclic) bond motifs is 1. The number of anilines is 1. The molecule has 0 atom stereocenters. The van der Waals surface area contributed by atoms with E-state index < -0.39 is 0 Å². The molecule has 0 saturated carbocycles. The highest BCUT2D eigenvalue weighted by atomic mass is 35.5. The number of hydrogen-bond donors (Lipinski definition) is 2. The predicted molar refractivity (Wildman–Crippen MR) is 105 cm³/mol. The number of halogens is 2. The quantitative estimate of drug-likeness (QED) is 0.546. The van der Waals surface area contributed by atoms with Crippen LogP contribution in [0.5, 0.6) is 0 Å². The van der Waals surface area contributed by atoms with Gasteiger partial charge >= 0.3 is 0 Å². The van der Waals surface area contributed by atoms with Gasteiger partial charge in [0.05, 0.1) is 30.5 Å². The van der Waals surface area contributed by atoms with Gasteiger partial charge in [0, 0.05) is 30.1 Å². The summed E-state index contributed by atoms with van der Waals surface area (Å²) in [5, 5.41) is 2.23. The molecule has 0 radical (unpaired) electrons. The molecule has 0 aliphatic rings. The molecule has 6 heteroatoms. The molecule has 0 amide bonds. The monoisotopic (exact) mass is 367 g/mol. The van der Waals surface area contributed by atoms with Crippen LogP contribution in [0.15, 0.2) is 48.8 Å². The number of aromatic nitrogens is 2. The lowest BCUT2D eigenvalue weighted by Crippen LogP contribution is -2.77. The lowest BCUT2D eigenvalue weighted by atomic mass is 10.1. The standard InChI is InChI=1S/C16H18N4.2CH3Cl/c1-2-18-14-8-7-13(17)9-12(14)10-20-11-19-15-5-3-4-6-16(15)20;2*1-2/h3-9,11,18H,2,10,17H2,1H3;2*1H3/p+1. The summed E-state index contributed by atoms with van der Waals surface area (Å²) in [5.41, 5.74) is 11.4. The van der Waals surface area contributed by atoms with Crippen molar-refractivity contribution in [2.75, 3.05) is 25.0 Å². The summed E-state index contributed by atoms with van der Waals surface area (Å²) in [6.45, 7) is 3.95. The second-order valence-corrected chi connectivity index (χ2v) is 4.93. The van der Waals surface area contributed by atoms with Crippen LogP contribution in [0.2, 0.25) is 0 Å². The number of imidazole rings is 1. The Balaban J connectivity index is 0.000000671. The zero-order valence-corrected chi connectivity index (χ0v) is 15.8. The Kier molecular flexibility index (Phi) is 9.23. The molecule has 0 aliphatic carbocycles. The fourth-order valence-corrected chi connectivity index (χ4v) is 2.50. The normalized spacial score (nSPS) is 9.71. The van der Waals surface area contributed by atoms with Gasteiger partial charge in [0.25, 0.3) is 0 Å². The molecule has 2 aromatic carbocycles. The van der Waals surface area contributed by atoms with E-state index in [9.17, 15) is 0 Å². The number of rotatable bonds is 4. The zero-order chi connectivity index (χ0) is 17.9. The van der Waals surface area contributed by atoms with Crippen LogP contribution in [0.3, 0.4) is 0 Å². The van der Waals surface area contributed by atoms with Crippen molar-refractivity contribution in [3.63, 3.8) is 0 Å². The fourth-order valence-electron chi connectivity index (χ4n) is 2.50. The number of quaternary nitrogens is 1. The summed E-state index contributed by atoms with van der Waals surface area (Å²) in [4.78, 5) is 4.43. The summed E-state index contributed by atoms with van der Waals surface area (Å²) in [6.07, 6.45) is 4.84. The van der Waals surface area contributed by atoms with Gasteiger partial charge in [-0.15, -0.1) is 23.2 Å². The summed E-state index contributed by atoms with van der Waals surface area (Å²) < 4.78 is 2.16. The van der Waals surface area contributed by atoms with Crippen LogP contribution >= 0.6 is 23.2 Å². The van der Waals surface area contributed by atoms with E-state index in [0.717, 1.165) is 29.8 Å². The van der Waals surface area contributed by atoms with Gasteiger partial charge in [-0.05, 0) is 31.2 Å². The molecule has 0 bridgehead atoms. The predicted octanol–water partition coefficient (Wildman–Crippen LogP) is 3.59. The Hall–Kier alpha value is -1.75. The van der Waals surface area contributed by atoms with Gasteiger partial charge in [-0.25, -0.2) is 4.98 Å². The second-order valence-electron chi connectivity index (χ2n) is 4.93. The molecule has 3 rings (SSSR count). The van der Waals surface area contributed by atoms with Crippen LogP contribution in [-0.2, 0) is 6.54 Å². The first-order valence-corrected chi connectivity index (χ1v) is 9.16. The summed E-state index contributed by atoms with van der Waals surface area (Å²) in [6, 6.07) is 14.3. The molecular weight excluding hydrogens is 343 g/mol. The van der Waals surface area contributed by atoms with E-state index in [-0.39, 0.29) is 0 Å². The van der Waals surface area contributed by atoms with Crippen molar-refractivity contribution in [2.24, 2.45) is 0 Å². The topological polar surface area (TPSA) is 60.4 Å². The Labute approximate surface area is 153 Å². The summed E-state index contributed by atoms with van der Waals surface area (Å²) >= 11 is 9.28. The minimum atomic E-state index is 0.789. The van der Waals surface area contributed by atoms with Crippen molar-refractivity contribution in [2.45, 2.75) is 13.5 Å². The van der Waals surface area contributed by atoms with Crippen molar-refractivity contribution in [3.05, 3.63) is 54.4 Å². The molecule has 4 N–H and O–H groups in total. The molecule has 3 aromatic rings. The van der Waals surface area contributed by atoms with E-state index in [1.807, 2.05) is 30.6 Å². The van der Waals surface area contributed by atoms with E-state index in [0.29, 0.717) is 0 Å². The lowest BCUT2D eigenvalue weighted by molar-refractivity contribution is -0.568. The van der Waals surface area contributed by atoms with Gasteiger partial charge in [0.15, 0.2) is 0 Å². The number of nitrogen functional groups attached to an aromatic ring is 1. The first-order chi connectivity index (χ1) is 11.8. The van der Waals surface area contributed by atoms with Crippen molar-refractivity contribution >= 4 is 45.6 Å². The maximum Gasteiger partial charge on any atom is 0.134 e. The van der Waals surface area contributed by atoms with Gasteiger partial charge in [0.2, 0.25) is 0 Å².